The summed E-state index contributed by atoms with van der Waals surface area (Å²) in [6.45, 7) is 4.34. The van der Waals surface area contributed by atoms with Crippen LogP contribution in [-0.2, 0) is 6.42 Å². The highest BCUT2D eigenvalue weighted by atomic mass is 127. The first-order chi connectivity index (χ1) is 9.51. The Bertz CT molecular complexity index is 610. The molecule has 0 spiro atoms. The van der Waals surface area contributed by atoms with Gasteiger partial charge in [0, 0.05) is 14.1 Å². The summed E-state index contributed by atoms with van der Waals surface area (Å²) in [5, 5.41) is 3.46. The average molecular weight is 444 g/mol. The summed E-state index contributed by atoms with van der Waals surface area (Å²) in [4.78, 5) is 0. The largest absolute Gasteiger partial charge is 0.313 e. The van der Waals surface area contributed by atoms with Crippen LogP contribution < -0.4 is 5.32 Å². The van der Waals surface area contributed by atoms with Gasteiger partial charge < -0.3 is 5.32 Å². The lowest BCUT2D eigenvalue weighted by Gasteiger charge is -2.20. The second-order valence-corrected chi connectivity index (χ2v) is 7.22. The molecule has 0 aliphatic rings. The molecule has 0 aliphatic carbocycles. The van der Waals surface area contributed by atoms with Crippen LogP contribution in [0.15, 0.2) is 40.9 Å². The molecule has 2 aromatic rings. The molecule has 0 bridgehead atoms. The highest BCUT2D eigenvalue weighted by Crippen LogP contribution is 2.27. The minimum atomic E-state index is 0.333. The second-order valence-electron chi connectivity index (χ2n) is 5.14. The second kappa shape index (κ2) is 7.05. The van der Waals surface area contributed by atoms with Crippen LogP contribution in [0, 0.1) is 17.4 Å². The third-order valence-electron chi connectivity index (χ3n) is 3.61. The molecule has 0 radical (unpaired) electrons. The van der Waals surface area contributed by atoms with Crippen LogP contribution in [0.3, 0.4) is 0 Å². The lowest BCUT2D eigenvalue weighted by molar-refractivity contribution is 0.587. The van der Waals surface area contributed by atoms with Gasteiger partial charge in [0.1, 0.15) is 0 Å². The van der Waals surface area contributed by atoms with Gasteiger partial charge in [-0.2, -0.15) is 0 Å². The molecule has 0 saturated heterocycles. The molecule has 0 aliphatic heterocycles. The molecule has 2 rings (SSSR count). The van der Waals surface area contributed by atoms with E-state index in [1.807, 2.05) is 7.05 Å². The van der Waals surface area contributed by atoms with Crippen molar-refractivity contribution in [2.45, 2.75) is 26.3 Å². The summed E-state index contributed by atoms with van der Waals surface area (Å²) >= 11 is 5.99. The van der Waals surface area contributed by atoms with Crippen LogP contribution >= 0.6 is 38.5 Å². The predicted octanol–water partition coefficient (Wildman–Crippen LogP) is 5.17. The van der Waals surface area contributed by atoms with Crippen LogP contribution in [-0.4, -0.2) is 7.05 Å². The quantitative estimate of drug-likeness (QED) is 0.642. The van der Waals surface area contributed by atoms with E-state index in [0.29, 0.717) is 6.04 Å². The lowest BCUT2D eigenvalue weighted by Crippen LogP contribution is -2.20. The zero-order valence-corrected chi connectivity index (χ0v) is 15.7. The first-order valence-electron chi connectivity index (χ1n) is 6.69. The predicted molar refractivity (Wildman–Crippen MR) is 98.3 cm³/mol. The first kappa shape index (κ1) is 16.0. The smallest absolute Gasteiger partial charge is 0.0369 e. The standard InChI is InChI=1S/C17H19BrIN/c1-11-4-5-12(2)13(8-11)9-17(20-3)15-10-14(18)6-7-16(15)19/h4-8,10,17,20H,9H2,1-3H3. The Morgan fingerprint density at radius 1 is 1.15 bits per heavy atom. The van der Waals surface area contributed by atoms with E-state index in [-0.39, 0.29) is 0 Å². The zero-order valence-electron chi connectivity index (χ0n) is 12.0. The summed E-state index contributed by atoms with van der Waals surface area (Å²) < 4.78 is 2.43. The van der Waals surface area contributed by atoms with Gasteiger partial charge in [0.25, 0.3) is 0 Å². The van der Waals surface area contributed by atoms with Gasteiger partial charge in [-0.05, 0) is 84.8 Å². The van der Waals surface area contributed by atoms with Crippen LogP contribution in [0.5, 0.6) is 0 Å². The Kier molecular flexibility index (Phi) is 5.64. The number of likely N-dealkylation sites (N-methyl/N-ethyl adjacent to an activating group) is 1. The summed E-state index contributed by atoms with van der Waals surface area (Å²) in [5.41, 5.74) is 5.45. The Hall–Kier alpha value is -0.390. The van der Waals surface area contributed by atoms with E-state index in [2.05, 4.69) is 94.1 Å². The van der Waals surface area contributed by atoms with Crippen molar-refractivity contribution < 1.29 is 0 Å². The molecule has 1 atom stereocenters. The normalized spacial score (nSPS) is 12.4. The summed E-state index contributed by atoms with van der Waals surface area (Å²) in [6.07, 6.45) is 1.01. The van der Waals surface area contributed by atoms with Crippen molar-refractivity contribution >= 4 is 38.5 Å². The van der Waals surface area contributed by atoms with Crippen LogP contribution in [0.4, 0.5) is 0 Å². The fraction of sp³-hybridized carbons (Fsp3) is 0.294. The minimum absolute atomic E-state index is 0.333. The molecule has 2 aromatic carbocycles. The molecule has 1 N–H and O–H groups in total. The Balaban J connectivity index is 2.33. The molecule has 0 saturated carbocycles. The van der Waals surface area contributed by atoms with Crippen molar-refractivity contribution in [2.24, 2.45) is 0 Å². The van der Waals surface area contributed by atoms with E-state index in [9.17, 15) is 0 Å². The number of halogens is 2. The lowest BCUT2D eigenvalue weighted by atomic mass is 9.95. The van der Waals surface area contributed by atoms with E-state index in [4.69, 9.17) is 0 Å². The molecule has 1 unspecified atom stereocenters. The maximum absolute atomic E-state index is 3.57. The van der Waals surface area contributed by atoms with Crippen molar-refractivity contribution in [1.82, 2.24) is 5.32 Å². The maximum Gasteiger partial charge on any atom is 0.0369 e. The van der Waals surface area contributed by atoms with E-state index in [1.165, 1.54) is 25.8 Å². The molecule has 0 aromatic heterocycles. The fourth-order valence-electron chi connectivity index (χ4n) is 2.39. The van der Waals surface area contributed by atoms with Gasteiger partial charge in [0.15, 0.2) is 0 Å². The first-order valence-corrected chi connectivity index (χ1v) is 8.56. The van der Waals surface area contributed by atoms with Crippen molar-refractivity contribution in [3.05, 3.63) is 66.7 Å². The van der Waals surface area contributed by atoms with Gasteiger partial charge in [0.2, 0.25) is 0 Å². The van der Waals surface area contributed by atoms with Crippen molar-refractivity contribution in [3.63, 3.8) is 0 Å². The van der Waals surface area contributed by atoms with Gasteiger partial charge >= 0.3 is 0 Å². The molecule has 0 amide bonds. The molecular formula is C17H19BrIN. The number of nitrogens with one attached hydrogen (secondary N) is 1. The van der Waals surface area contributed by atoms with Crippen molar-refractivity contribution in [3.8, 4) is 0 Å². The van der Waals surface area contributed by atoms with E-state index in [0.717, 1.165) is 10.9 Å². The van der Waals surface area contributed by atoms with Gasteiger partial charge in [0.05, 0.1) is 0 Å². The minimum Gasteiger partial charge on any atom is -0.313 e. The monoisotopic (exact) mass is 443 g/mol. The summed E-state index contributed by atoms with van der Waals surface area (Å²) in [7, 11) is 2.03. The van der Waals surface area contributed by atoms with Crippen LogP contribution in [0.1, 0.15) is 28.3 Å². The van der Waals surface area contributed by atoms with E-state index < -0.39 is 0 Å². The van der Waals surface area contributed by atoms with Crippen molar-refractivity contribution in [2.75, 3.05) is 7.05 Å². The molecular weight excluding hydrogens is 425 g/mol. The fourth-order valence-corrected chi connectivity index (χ4v) is 3.48. The molecule has 3 heteroatoms. The van der Waals surface area contributed by atoms with Crippen molar-refractivity contribution in [1.29, 1.82) is 0 Å². The third kappa shape index (κ3) is 3.83. The highest BCUT2D eigenvalue weighted by Gasteiger charge is 2.15. The molecule has 106 valence electrons. The van der Waals surface area contributed by atoms with E-state index >= 15 is 0 Å². The summed E-state index contributed by atoms with van der Waals surface area (Å²) in [5.74, 6) is 0. The third-order valence-corrected chi connectivity index (χ3v) is 5.09. The van der Waals surface area contributed by atoms with Gasteiger partial charge in [-0.25, -0.2) is 0 Å². The van der Waals surface area contributed by atoms with E-state index in [1.54, 1.807) is 0 Å². The maximum atomic E-state index is 3.57. The molecule has 0 fully saturated rings. The van der Waals surface area contributed by atoms with Crippen LogP contribution in [0.2, 0.25) is 0 Å². The Morgan fingerprint density at radius 2 is 1.90 bits per heavy atom. The Morgan fingerprint density at radius 3 is 2.60 bits per heavy atom. The van der Waals surface area contributed by atoms with Crippen LogP contribution in [0.25, 0.3) is 0 Å². The topological polar surface area (TPSA) is 12.0 Å². The number of hydrogen-bond acceptors (Lipinski definition) is 1. The number of rotatable bonds is 4. The van der Waals surface area contributed by atoms with Gasteiger partial charge in [-0.3, -0.25) is 0 Å². The molecule has 0 heterocycles. The number of benzene rings is 2. The highest BCUT2D eigenvalue weighted by molar-refractivity contribution is 14.1. The molecule has 20 heavy (non-hydrogen) atoms. The van der Waals surface area contributed by atoms with Gasteiger partial charge in [-0.15, -0.1) is 0 Å². The van der Waals surface area contributed by atoms with Gasteiger partial charge in [-0.1, -0.05) is 39.7 Å². The number of aryl methyl sites for hydroxylation is 2. The average Bonchev–Trinajstić information content (AvgIpc) is 2.42. The SMILES string of the molecule is CNC(Cc1cc(C)ccc1C)c1cc(Br)ccc1I. The molecule has 1 nitrogen and oxygen atoms in total. The number of hydrogen-bond donors (Lipinski definition) is 1. The zero-order chi connectivity index (χ0) is 14.7. The summed E-state index contributed by atoms with van der Waals surface area (Å²) in [6, 6.07) is 13.5. The Labute approximate surface area is 143 Å².